The molecule has 1 aromatic carbocycles. The Kier molecular flexibility index (Phi) is 4.51. The van der Waals surface area contributed by atoms with Crippen LogP contribution in [-0.2, 0) is 11.2 Å². The van der Waals surface area contributed by atoms with E-state index in [0.29, 0.717) is 12.2 Å². The maximum Gasteiger partial charge on any atom is 0.471 e. The average molecular weight is 366 g/mol. The highest BCUT2D eigenvalue weighted by Crippen LogP contribution is 2.35. The molecule has 0 spiro atoms. The van der Waals surface area contributed by atoms with E-state index in [4.69, 9.17) is 4.74 Å². The van der Waals surface area contributed by atoms with Gasteiger partial charge in [-0.3, -0.25) is 4.79 Å². The molecule has 7 heteroatoms. The minimum Gasteiger partial charge on any atom is -0.496 e. The van der Waals surface area contributed by atoms with Crippen molar-refractivity contribution in [1.82, 2.24) is 4.90 Å². The summed E-state index contributed by atoms with van der Waals surface area (Å²) in [5, 5.41) is 0. The van der Waals surface area contributed by atoms with Gasteiger partial charge in [-0.1, -0.05) is 6.92 Å². The van der Waals surface area contributed by atoms with Gasteiger partial charge in [0.15, 0.2) is 0 Å². The minimum atomic E-state index is -4.82. The second-order valence-electron chi connectivity index (χ2n) is 5.09. The highest BCUT2D eigenvalue weighted by molar-refractivity contribution is 9.10. The van der Waals surface area contributed by atoms with E-state index in [1.807, 2.05) is 19.1 Å². The lowest BCUT2D eigenvalue weighted by atomic mass is 9.95. The second-order valence-corrected chi connectivity index (χ2v) is 5.94. The van der Waals surface area contributed by atoms with Gasteiger partial charge in [0.05, 0.1) is 11.6 Å². The largest absolute Gasteiger partial charge is 0.496 e. The normalized spacial score (nSPS) is 19.0. The van der Waals surface area contributed by atoms with E-state index in [9.17, 15) is 18.0 Å². The SMILES string of the molecule is COc1cc2c(cc1Br)[C@@H](C)CN(C(=O)C(F)(F)F)CC2. The van der Waals surface area contributed by atoms with Crippen LogP contribution in [0.4, 0.5) is 13.2 Å². The highest BCUT2D eigenvalue weighted by Gasteiger charge is 2.43. The summed E-state index contributed by atoms with van der Waals surface area (Å²) in [6.07, 6.45) is -4.44. The Morgan fingerprint density at radius 1 is 1.43 bits per heavy atom. The predicted octanol–water partition coefficient (Wildman–Crippen LogP) is 3.51. The molecule has 1 aliphatic rings. The molecule has 1 amide bonds. The van der Waals surface area contributed by atoms with Crippen LogP contribution in [0.2, 0.25) is 0 Å². The number of ether oxygens (including phenoxy) is 1. The van der Waals surface area contributed by atoms with Crippen molar-refractivity contribution in [1.29, 1.82) is 0 Å². The van der Waals surface area contributed by atoms with Crippen LogP contribution in [0.25, 0.3) is 0 Å². The average Bonchev–Trinajstić information content (AvgIpc) is 2.56. The Balaban J connectivity index is 2.31. The molecular formula is C14H15BrF3NO2. The summed E-state index contributed by atoms with van der Waals surface area (Å²) < 4.78 is 43.7. The summed E-state index contributed by atoms with van der Waals surface area (Å²) >= 11 is 3.38. The molecule has 3 nitrogen and oxygen atoms in total. The zero-order chi connectivity index (χ0) is 15.8. The minimum absolute atomic E-state index is 0.0560. The molecule has 0 fully saturated rings. The second kappa shape index (κ2) is 5.87. The first-order chi connectivity index (χ1) is 9.74. The molecule has 1 atom stereocenters. The van der Waals surface area contributed by atoms with Gasteiger partial charge >= 0.3 is 12.1 Å². The van der Waals surface area contributed by atoms with Crippen molar-refractivity contribution in [3.8, 4) is 5.75 Å². The van der Waals surface area contributed by atoms with Gasteiger partial charge in [0.25, 0.3) is 0 Å². The highest BCUT2D eigenvalue weighted by atomic mass is 79.9. The lowest BCUT2D eigenvalue weighted by molar-refractivity contribution is -0.185. The third-order valence-corrected chi connectivity index (χ3v) is 4.24. The molecule has 2 rings (SSSR count). The predicted molar refractivity (Wildman–Crippen MR) is 75.4 cm³/mol. The van der Waals surface area contributed by atoms with E-state index in [2.05, 4.69) is 15.9 Å². The zero-order valence-electron chi connectivity index (χ0n) is 11.6. The van der Waals surface area contributed by atoms with E-state index in [-0.39, 0.29) is 19.0 Å². The molecule has 0 N–H and O–H groups in total. The number of hydrogen-bond acceptors (Lipinski definition) is 2. The van der Waals surface area contributed by atoms with Gasteiger partial charge in [-0.2, -0.15) is 13.2 Å². The molecule has 0 saturated carbocycles. The lowest BCUT2D eigenvalue weighted by Crippen LogP contribution is -2.42. The molecule has 0 saturated heterocycles. The maximum atomic E-state index is 12.6. The van der Waals surface area contributed by atoms with Gasteiger partial charge in [-0.15, -0.1) is 0 Å². The zero-order valence-corrected chi connectivity index (χ0v) is 13.2. The number of rotatable bonds is 1. The lowest BCUT2D eigenvalue weighted by Gasteiger charge is -2.24. The number of fused-ring (bicyclic) bond motifs is 1. The molecular weight excluding hydrogens is 351 g/mol. The Labute approximate surface area is 129 Å². The number of carbonyl (C=O) groups is 1. The fourth-order valence-corrected chi connectivity index (χ4v) is 3.10. The van der Waals surface area contributed by atoms with Crippen LogP contribution in [0, 0.1) is 0 Å². The van der Waals surface area contributed by atoms with Crippen LogP contribution in [0.3, 0.4) is 0 Å². The molecule has 1 aliphatic heterocycles. The van der Waals surface area contributed by atoms with Gasteiger partial charge in [0.2, 0.25) is 0 Å². The number of hydrogen-bond donors (Lipinski definition) is 0. The van der Waals surface area contributed by atoms with Crippen molar-refractivity contribution in [2.45, 2.75) is 25.4 Å². The fraction of sp³-hybridized carbons (Fsp3) is 0.500. The van der Waals surface area contributed by atoms with Gasteiger partial charge < -0.3 is 9.64 Å². The first-order valence-corrected chi connectivity index (χ1v) is 7.25. The molecule has 0 unspecified atom stereocenters. The summed E-state index contributed by atoms with van der Waals surface area (Å²) in [7, 11) is 1.53. The Morgan fingerprint density at radius 3 is 2.67 bits per heavy atom. The molecule has 21 heavy (non-hydrogen) atoms. The summed E-state index contributed by atoms with van der Waals surface area (Å²) in [4.78, 5) is 12.3. The molecule has 1 heterocycles. The van der Waals surface area contributed by atoms with E-state index in [0.717, 1.165) is 20.5 Å². The van der Waals surface area contributed by atoms with Crippen LogP contribution >= 0.6 is 15.9 Å². The van der Waals surface area contributed by atoms with E-state index >= 15 is 0 Å². The number of carbonyl (C=O) groups excluding carboxylic acids is 1. The number of methoxy groups -OCH3 is 1. The quantitative estimate of drug-likeness (QED) is 0.762. The summed E-state index contributed by atoms with van der Waals surface area (Å²) in [5.74, 6) is -1.30. The van der Waals surface area contributed by atoms with Crippen molar-refractivity contribution in [2.75, 3.05) is 20.2 Å². The van der Waals surface area contributed by atoms with E-state index < -0.39 is 12.1 Å². The first kappa shape index (κ1) is 16.1. The van der Waals surface area contributed by atoms with Gasteiger partial charge in [-0.05, 0) is 51.5 Å². The fourth-order valence-electron chi connectivity index (χ4n) is 2.58. The molecule has 0 radical (unpaired) electrons. The number of alkyl halides is 3. The number of amides is 1. The molecule has 116 valence electrons. The Bertz CT molecular complexity index is 560. The molecule has 0 bridgehead atoms. The van der Waals surface area contributed by atoms with Crippen molar-refractivity contribution >= 4 is 21.8 Å². The van der Waals surface area contributed by atoms with Crippen molar-refractivity contribution < 1.29 is 22.7 Å². The van der Waals surface area contributed by atoms with Gasteiger partial charge in [-0.25, -0.2) is 0 Å². The topological polar surface area (TPSA) is 29.5 Å². The Hall–Kier alpha value is -1.24. The van der Waals surface area contributed by atoms with Crippen LogP contribution < -0.4 is 4.74 Å². The third-order valence-electron chi connectivity index (χ3n) is 3.62. The number of nitrogens with zero attached hydrogens (tertiary/aromatic N) is 1. The molecule has 0 aliphatic carbocycles. The van der Waals surface area contributed by atoms with E-state index in [1.165, 1.54) is 7.11 Å². The van der Waals surface area contributed by atoms with Crippen molar-refractivity contribution in [3.05, 3.63) is 27.7 Å². The van der Waals surface area contributed by atoms with Crippen LogP contribution in [0.5, 0.6) is 5.75 Å². The summed E-state index contributed by atoms with van der Waals surface area (Å²) in [6, 6.07) is 3.68. The smallest absolute Gasteiger partial charge is 0.471 e. The van der Waals surface area contributed by atoms with Crippen molar-refractivity contribution in [2.24, 2.45) is 0 Å². The van der Waals surface area contributed by atoms with Gasteiger partial charge in [0, 0.05) is 13.1 Å². The van der Waals surface area contributed by atoms with Gasteiger partial charge in [0.1, 0.15) is 5.75 Å². The monoisotopic (exact) mass is 365 g/mol. The molecule has 0 aromatic heterocycles. The molecule has 1 aromatic rings. The standard InChI is InChI=1S/C14H15BrF3NO2/c1-8-7-19(13(20)14(16,17)18)4-3-9-5-12(21-2)11(15)6-10(8)9/h5-6,8H,3-4,7H2,1-2H3/t8-/m0/s1. The van der Waals surface area contributed by atoms with Crippen LogP contribution in [0.15, 0.2) is 16.6 Å². The van der Waals surface area contributed by atoms with Crippen LogP contribution in [0.1, 0.15) is 24.0 Å². The summed E-state index contributed by atoms with van der Waals surface area (Å²) in [6.45, 7) is 1.93. The third kappa shape index (κ3) is 3.33. The first-order valence-electron chi connectivity index (χ1n) is 6.46. The Morgan fingerprint density at radius 2 is 2.10 bits per heavy atom. The van der Waals surface area contributed by atoms with Crippen LogP contribution in [-0.4, -0.2) is 37.2 Å². The number of halogens is 4. The summed E-state index contributed by atoms with van der Waals surface area (Å²) in [5.41, 5.74) is 1.86. The number of benzene rings is 1. The maximum absolute atomic E-state index is 12.6. The van der Waals surface area contributed by atoms with E-state index in [1.54, 1.807) is 0 Å². The van der Waals surface area contributed by atoms with Crippen molar-refractivity contribution in [3.63, 3.8) is 0 Å².